The molecule has 0 unspecified atom stereocenters. The van der Waals surface area contributed by atoms with Gasteiger partial charge in [-0.05, 0) is 36.8 Å². The van der Waals surface area contributed by atoms with Gasteiger partial charge in [-0.1, -0.05) is 18.2 Å². The third-order valence-electron chi connectivity index (χ3n) is 4.27. The lowest BCUT2D eigenvalue weighted by Crippen LogP contribution is -2.12. The van der Waals surface area contributed by atoms with E-state index in [1.165, 1.54) is 6.08 Å². The van der Waals surface area contributed by atoms with E-state index in [1.54, 1.807) is 24.5 Å². The number of aryl methyl sites for hydroxylation is 1. The van der Waals surface area contributed by atoms with Crippen molar-refractivity contribution in [1.29, 1.82) is 0 Å². The van der Waals surface area contributed by atoms with Crippen molar-refractivity contribution in [2.24, 2.45) is 0 Å². The second kappa shape index (κ2) is 6.45. The normalized spacial score (nSPS) is 15.4. The van der Waals surface area contributed by atoms with Crippen LogP contribution < -0.4 is 5.32 Å². The Morgan fingerprint density at radius 3 is 2.85 bits per heavy atom. The zero-order valence-electron chi connectivity index (χ0n) is 14.3. The maximum atomic E-state index is 12.6. The van der Waals surface area contributed by atoms with Crippen LogP contribution in [0.3, 0.4) is 0 Å². The quantitative estimate of drug-likeness (QED) is 0.487. The molecule has 0 radical (unpaired) electrons. The lowest BCUT2D eigenvalue weighted by molar-refractivity contribution is -0.134. The highest BCUT2D eigenvalue weighted by atomic mass is 16.5. The number of hydrogen-bond donors (Lipinski definition) is 3. The smallest absolute Gasteiger partial charge is 0.345 e. The third kappa shape index (κ3) is 2.95. The van der Waals surface area contributed by atoms with Crippen LogP contribution in [0, 0.1) is 6.92 Å². The molecule has 4 rings (SSSR count). The van der Waals surface area contributed by atoms with E-state index in [0.717, 1.165) is 10.9 Å². The number of nitrogens with zero attached hydrogens (tertiary/aromatic N) is 1. The van der Waals surface area contributed by atoms with Gasteiger partial charge in [-0.15, -0.1) is 0 Å². The van der Waals surface area contributed by atoms with E-state index >= 15 is 0 Å². The molecule has 0 fully saturated rings. The molecule has 3 N–H and O–H groups in total. The van der Waals surface area contributed by atoms with Gasteiger partial charge in [0.15, 0.2) is 11.3 Å². The van der Waals surface area contributed by atoms with Gasteiger partial charge in [-0.3, -0.25) is 4.79 Å². The zero-order chi connectivity index (χ0) is 19.0. The summed E-state index contributed by atoms with van der Waals surface area (Å²) in [6.07, 6.45) is 4.86. The highest BCUT2D eigenvalue weighted by Gasteiger charge is 2.36. The Bertz CT molecular complexity index is 1140. The van der Waals surface area contributed by atoms with Gasteiger partial charge in [-0.2, -0.15) is 0 Å². The molecule has 3 aromatic rings. The van der Waals surface area contributed by atoms with Crippen LogP contribution in [0.15, 0.2) is 66.0 Å². The minimum absolute atomic E-state index is 0.0618. The number of fused-ring (bicyclic) bond motifs is 1. The van der Waals surface area contributed by atoms with Gasteiger partial charge in [0.25, 0.3) is 0 Å². The highest BCUT2D eigenvalue weighted by molar-refractivity contribution is 6.26. The molecule has 2 aromatic heterocycles. The van der Waals surface area contributed by atoms with Crippen LogP contribution in [-0.4, -0.2) is 26.8 Å². The molecule has 134 valence electrons. The molecular formula is C20H15N3O4. The Hall–Kier alpha value is -3.87. The van der Waals surface area contributed by atoms with Crippen molar-refractivity contribution in [2.75, 3.05) is 5.32 Å². The van der Waals surface area contributed by atoms with Crippen molar-refractivity contribution < 1.29 is 19.4 Å². The number of carboxylic acids is 1. The zero-order valence-corrected chi connectivity index (χ0v) is 14.3. The first-order valence-corrected chi connectivity index (χ1v) is 8.21. The number of H-pyrrole nitrogens is 1. The summed E-state index contributed by atoms with van der Waals surface area (Å²) < 4.78 is 5.59. The number of para-hydroxylation sites is 1. The van der Waals surface area contributed by atoms with Gasteiger partial charge in [0.2, 0.25) is 11.7 Å². The van der Waals surface area contributed by atoms with E-state index in [-0.39, 0.29) is 11.6 Å². The molecule has 0 atom stereocenters. The van der Waals surface area contributed by atoms with Gasteiger partial charge in [-0.25, -0.2) is 9.78 Å². The summed E-state index contributed by atoms with van der Waals surface area (Å²) in [5.74, 6) is -2.18. The standard InChI is InChI=1S/C20H15N3O4/c1-11-5-2-3-7-14(11)23-19-16(20(25)26)17(24)15(27-19)9-12-10-22-18-13(12)6-4-8-21-18/h2-10,23H,1H3,(H,21,22)(H,25,26)/b15-9-. The summed E-state index contributed by atoms with van der Waals surface area (Å²) in [6, 6.07) is 11.0. The molecule has 0 amide bonds. The number of Topliss-reactive ketones (excluding diaryl/α,β-unsaturated/α-hetero) is 1. The van der Waals surface area contributed by atoms with Crippen molar-refractivity contribution in [3.8, 4) is 0 Å². The van der Waals surface area contributed by atoms with E-state index in [9.17, 15) is 14.7 Å². The number of pyridine rings is 1. The van der Waals surface area contributed by atoms with Crippen LogP contribution >= 0.6 is 0 Å². The van der Waals surface area contributed by atoms with Crippen molar-refractivity contribution in [2.45, 2.75) is 6.92 Å². The number of carbonyl (C=O) groups excluding carboxylic acids is 1. The van der Waals surface area contributed by atoms with Crippen LogP contribution in [0.4, 0.5) is 5.69 Å². The number of aliphatic carboxylic acids is 1. The molecular weight excluding hydrogens is 346 g/mol. The number of carboxylic acid groups (broad SMARTS) is 1. The summed E-state index contributed by atoms with van der Waals surface area (Å²) in [7, 11) is 0. The number of hydrogen-bond acceptors (Lipinski definition) is 5. The lowest BCUT2D eigenvalue weighted by atomic mass is 10.1. The van der Waals surface area contributed by atoms with E-state index in [4.69, 9.17) is 4.74 Å². The van der Waals surface area contributed by atoms with Crippen LogP contribution in [0.1, 0.15) is 11.1 Å². The largest absolute Gasteiger partial charge is 0.477 e. The molecule has 27 heavy (non-hydrogen) atoms. The first-order valence-electron chi connectivity index (χ1n) is 8.21. The Labute approximate surface area is 154 Å². The molecule has 0 spiro atoms. The lowest BCUT2D eigenvalue weighted by Gasteiger charge is -2.10. The first kappa shape index (κ1) is 16.6. The number of aromatic nitrogens is 2. The second-order valence-electron chi connectivity index (χ2n) is 6.03. The van der Waals surface area contributed by atoms with E-state index in [2.05, 4.69) is 15.3 Å². The van der Waals surface area contributed by atoms with Crippen molar-refractivity contribution in [3.05, 3.63) is 77.1 Å². The topological polar surface area (TPSA) is 104 Å². The van der Waals surface area contributed by atoms with Gasteiger partial charge in [0.05, 0.1) is 0 Å². The molecule has 3 heterocycles. The maximum absolute atomic E-state index is 12.6. The SMILES string of the molecule is Cc1ccccc1NC1=C(C(=O)O)C(=O)/C(=C/c2c[nH]c3ncccc23)O1. The van der Waals surface area contributed by atoms with Gasteiger partial charge < -0.3 is 20.1 Å². The molecule has 0 saturated heterocycles. The Morgan fingerprint density at radius 1 is 1.26 bits per heavy atom. The van der Waals surface area contributed by atoms with Gasteiger partial charge in [0, 0.05) is 29.0 Å². The fraction of sp³-hybridized carbons (Fsp3) is 0.0500. The third-order valence-corrected chi connectivity index (χ3v) is 4.27. The van der Waals surface area contributed by atoms with Crippen molar-refractivity contribution in [1.82, 2.24) is 9.97 Å². The summed E-state index contributed by atoms with van der Waals surface area (Å²) in [6.45, 7) is 1.87. The van der Waals surface area contributed by atoms with E-state index in [1.807, 2.05) is 31.2 Å². The molecule has 1 aromatic carbocycles. The molecule has 0 saturated carbocycles. The van der Waals surface area contributed by atoms with Gasteiger partial charge in [0.1, 0.15) is 5.65 Å². The highest BCUT2D eigenvalue weighted by Crippen LogP contribution is 2.30. The summed E-state index contributed by atoms with van der Waals surface area (Å²) in [4.78, 5) is 31.4. The second-order valence-corrected chi connectivity index (χ2v) is 6.03. The number of anilines is 1. The average molecular weight is 361 g/mol. The maximum Gasteiger partial charge on any atom is 0.345 e. The number of aromatic amines is 1. The summed E-state index contributed by atoms with van der Waals surface area (Å²) in [5, 5.41) is 13.2. The van der Waals surface area contributed by atoms with Crippen molar-refractivity contribution in [3.63, 3.8) is 0 Å². The Kier molecular flexibility index (Phi) is 3.97. The number of rotatable bonds is 4. The predicted octanol–water partition coefficient (Wildman–Crippen LogP) is 3.22. The number of nitrogens with one attached hydrogen (secondary N) is 2. The number of ether oxygens (including phenoxy) is 1. The number of ketones is 1. The number of carbonyl (C=O) groups is 2. The fourth-order valence-corrected chi connectivity index (χ4v) is 2.88. The number of benzene rings is 1. The predicted molar refractivity (Wildman–Crippen MR) is 99.6 cm³/mol. The van der Waals surface area contributed by atoms with E-state index in [0.29, 0.717) is 16.9 Å². The molecule has 1 aliphatic heterocycles. The summed E-state index contributed by atoms with van der Waals surface area (Å²) in [5.41, 5.74) is 2.48. The first-order chi connectivity index (χ1) is 13.0. The molecule has 0 aliphatic carbocycles. The molecule has 1 aliphatic rings. The van der Waals surface area contributed by atoms with Crippen LogP contribution in [0.25, 0.3) is 17.1 Å². The number of allylic oxidation sites excluding steroid dienone is 1. The molecule has 7 nitrogen and oxygen atoms in total. The average Bonchev–Trinajstić information content (AvgIpc) is 3.19. The van der Waals surface area contributed by atoms with Gasteiger partial charge >= 0.3 is 5.97 Å². The minimum Gasteiger partial charge on any atom is -0.477 e. The minimum atomic E-state index is -1.35. The summed E-state index contributed by atoms with van der Waals surface area (Å²) >= 11 is 0. The molecule has 7 heteroatoms. The van der Waals surface area contributed by atoms with Crippen LogP contribution in [-0.2, 0) is 14.3 Å². The van der Waals surface area contributed by atoms with Crippen molar-refractivity contribution >= 4 is 34.5 Å². The van der Waals surface area contributed by atoms with Crippen LogP contribution in [0.2, 0.25) is 0 Å². The fourth-order valence-electron chi connectivity index (χ4n) is 2.88. The van der Waals surface area contributed by atoms with E-state index < -0.39 is 17.3 Å². The van der Waals surface area contributed by atoms with Crippen LogP contribution in [0.5, 0.6) is 0 Å². The Morgan fingerprint density at radius 2 is 2.07 bits per heavy atom. The Balaban J connectivity index is 1.71. The molecule has 0 bridgehead atoms. The monoisotopic (exact) mass is 361 g/mol.